The second kappa shape index (κ2) is 10.8. The van der Waals surface area contributed by atoms with Gasteiger partial charge in [-0.1, -0.05) is 63.5 Å². The van der Waals surface area contributed by atoms with E-state index in [1.165, 1.54) is 51.4 Å². The molecule has 3 rings (SSSR count). The van der Waals surface area contributed by atoms with E-state index in [0.29, 0.717) is 41.8 Å². The van der Waals surface area contributed by atoms with Gasteiger partial charge in [0.05, 0.1) is 18.3 Å². The van der Waals surface area contributed by atoms with Crippen LogP contribution in [0.25, 0.3) is 0 Å². The summed E-state index contributed by atoms with van der Waals surface area (Å²) in [6, 6.07) is 0. The number of allylic oxidation sites excluding steroid dienone is 3. The summed E-state index contributed by atoms with van der Waals surface area (Å²) in [5, 5.41) is 20.3. The third-order valence-electron chi connectivity index (χ3n) is 8.97. The molecule has 0 bridgehead atoms. The van der Waals surface area contributed by atoms with Gasteiger partial charge in [-0.25, -0.2) is 0 Å². The van der Waals surface area contributed by atoms with Crippen molar-refractivity contribution in [2.24, 2.45) is 23.2 Å². The first-order valence-corrected chi connectivity index (χ1v) is 12.8. The van der Waals surface area contributed by atoms with Gasteiger partial charge in [-0.3, -0.25) is 0 Å². The van der Waals surface area contributed by atoms with Crippen LogP contribution in [0.2, 0.25) is 0 Å². The molecule has 3 aliphatic carbocycles. The smallest absolute Gasteiger partial charge is 0.0809 e. The summed E-state index contributed by atoms with van der Waals surface area (Å²) >= 11 is 0. The van der Waals surface area contributed by atoms with E-state index in [1.54, 1.807) is 5.57 Å². The Morgan fingerprint density at radius 1 is 1.13 bits per heavy atom. The Morgan fingerprint density at radius 2 is 1.81 bits per heavy atom. The van der Waals surface area contributed by atoms with Gasteiger partial charge in [-0.05, 0) is 87.0 Å². The van der Waals surface area contributed by atoms with Gasteiger partial charge < -0.3 is 14.9 Å². The fourth-order valence-electron chi connectivity index (χ4n) is 6.71. The second-order valence-corrected chi connectivity index (χ2v) is 10.7. The van der Waals surface area contributed by atoms with Crippen LogP contribution in [0.15, 0.2) is 35.5 Å². The van der Waals surface area contributed by atoms with E-state index in [9.17, 15) is 10.2 Å². The standard InChI is InChI=1S/C28H46O3/c1-6-21(7-2)14-16-31-20(4)24-12-13-25-23(9-8-15-28(24,25)5)11-10-22-17-26(29)19(3)27(30)18-22/h10-11,20-21,24-27,29-30H,3,6-9,12-18H2,1-2,4-5H3. The average molecular weight is 431 g/mol. The summed E-state index contributed by atoms with van der Waals surface area (Å²) < 4.78 is 6.40. The third kappa shape index (κ3) is 5.54. The van der Waals surface area contributed by atoms with E-state index in [4.69, 9.17) is 4.74 Å². The first-order valence-electron chi connectivity index (χ1n) is 12.8. The zero-order valence-corrected chi connectivity index (χ0v) is 20.4. The monoisotopic (exact) mass is 430 g/mol. The minimum Gasteiger partial charge on any atom is -0.388 e. The van der Waals surface area contributed by atoms with Crippen LogP contribution in [0.3, 0.4) is 0 Å². The summed E-state index contributed by atoms with van der Waals surface area (Å²) in [6.07, 6.45) is 14.8. The molecule has 3 nitrogen and oxygen atoms in total. The van der Waals surface area contributed by atoms with Crippen molar-refractivity contribution < 1.29 is 14.9 Å². The van der Waals surface area contributed by atoms with Crippen LogP contribution in [-0.2, 0) is 4.74 Å². The lowest BCUT2D eigenvalue weighted by atomic mass is 9.62. The van der Waals surface area contributed by atoms with Crippen molar-refractivity contribution in [1.29, 1.82) is 0 Å². The van der Waals surface area contributed by atoms with Gasteiger partial charge in [0.1, 0.15) is 0 Å². The summed E-state index contributed by atoms with van der Waals surface area (Å²) in [7, 11) is 0. The van der Waals surface area contributed by atoms with Crippen molar-refractivity contribution >= 4 is 0 Å². The molecule has 0 amide bonds. The largest absolute Gasteiger partial charge is 0.388 e. The molecule has 6 unspecified atom stereocenters. The van der Waals surface area contributed by atoms with Crippen LogP contribution in [0.5, 0.6) is 0 Å². The Labute approximate surface area is 190 Å². The molecule has 0 heterocycles. The zero-order valence-electron chi connectivity index (χ0n) is 20.4. The number of hydrogen-bond acceptors (Lipinski definition) is 3. The fraction of sp³-hybridized carbons (Fsp3) is 0.786. The van der Waals surface area contributed by atoms with Gasteiger partial charge in [-0.2, -0.15) is 0 Å². The number of hydrogen-bond donors (Lipinski definition) is 2. The fourth-order valence-corrected chi connectivity index (χ4v) is 6.71. The molecule has 0 aliphatic heterocycles. The molecule has 0 spiro atoms. The van der Waals surface area contributed by atoms with Crippen LogP contribution in [0.1, 0.15) is 91.9 Å². The second-order valence-electron chi connectivity index (χ2n) is 10.7. The molecule has 0 aromatic rings. The molecular formula is C28H46O3. The molecule has 31 heavy (non-hydrogen) atoms. The average Bonchev–Trinajstić information content (AvgIpc) is 3.11. The predicted molar refractivity (Wildman–Crippen MR) is 129 cm³/mol. The maximum absolute atomic E-state index is 10.1. The van der Waals surface area contributed by atoms with Crippen LogP contribution in [0.4, 0.5) is 0 Å². The molecule has 0 aromatic heterocycles. The van der Waals surface area contributed by atoms with Crippen molar-refractivity contribution in [3.05, 3.63) is 35.5 Å². The van der Waals surface area contributed by atoms with Crippen molar-refractivity contribution in [3.63, 3.8) is 0 Å². The summed E-state index contributed by atoms with van der Waals surface area (Å²) in [5.41, 5.74) is 3.60. The van der Waals surface area contributed by atoms with E-state index < -0.39 is 12.2 Å². The molecular weight excluding hydrogens is 384 g/mol. The highest BCUT2D eigenvalue weighted by molar-refractivity contribution is 5.29. The van der Waals surface area contributed by atoms with E-state index in [-0.39, 0.29) is 0 Å². The molecule has 3 saturated carbocycles. The molecule has 2 N–H and O–H groups in total. The third-order valence-corrected chi connectivity index (χ3v) is 8.97. The molecule has 3 fully saturated rings. The number of rotatable bonds is 8. The zero-order chi connectivity index (χ0) is 22.6. The maximum Gasteiger partial charge on any atom is 0.0809 e. The lowest BCUT2D eigenvalue weighted by molar-refractivity contribution is -0.0291. The van der Waals surface area contributed by atoms with Crippen LogP contribution in [-0.4, -0.2) is 35.1 Å². The number of fused-ring (bicyclic) bond motifs is 1. The lowest BCUT2D eigenvalue weighted by Gasteiger charge is -2.44. The molecule has 176 valence electrons. The van der Waals surface area contributed by atoms with Gasteiger partial charge in [0.2, 0.25) is 0 Å². The number of aliphatic hydroxyl groups excluding tert-OH is 2. The highest BCUT2D eigenvalue weighted by atomic mass is 16.5. The molecule has 3 aliphatic rings. The highest BCUT2D eigenvalue weighted by Crippen LogP contribution is 2.58. The van der Waals surface area contributed by atoms with Crippen molar-refractivity contribution in [2.75, 3.05) is 6.61 Å². The van der Waals surface area contributed by atoms with Gasteiger partial charge in [0.25, 0.3) is 0 Å². The van der Waals surface area contributed by atoms with Crippen molar-refractivity contribution in [2.45, 2.75) is 110 Å². The van der Waals surface area contributed by atoms with Crippen LogP contribution >= 0.6 is 0 Å². The lowest BCUT2D eigenvalue weighted by Crippen LogP contribution is -2.38. The Kier molecular flexibility index (Phi) is 8.63. The van der Waals surface area contributed by atoms with Gasteiger partial charge in [0, 0.05) is 6.61 Å². The van der Waals surface area contributed by atoms with E-state index in [1.807, 2.05) is 0 Å². The minimum absolute atomic E-state index is 0.330. The Balaban J connectivity index is 1.64. The van der Waals surface area contributed by atoms with Crippen molar-refractivity contribution in [1.82, 2.24) is 0 Å². The maximum atomic E-state index is 10.1. The molecule has 3 heteroatoms. The highest BCUT2D eigenvalue weighted by Gasteiger charge is 2.51. The van der Waals surface area contributed by atoms with E-state index in [0.717, 1.165) is 18.1 Å². The first kappa shape index (κ1) is 24.7. The van der Waals surface area contributed by atoms with E-state index in [2.05, 4.69) is 46.4 Å². The molecule has 0 radical (unpaired) electrons. The topological polar surface area (TPSA) is 49.7 Å². The first-order chi connectivity index (χ1) is 14.8. The molecule has 0 saturated heterocycles. The Bertz CT molecular complexity index is 658. The Hall–Kier alpha value is -0.900. The number of aliphatic hydroxyl groups is 2. The quantitative estimate of drug-likeness (QED) is 0.441. The molecule has 6 atom stereocenters. The normalized spacial score (nSPS) is 36.2. The van der Waals surface area contributed by atoms with Gasteiger partial charge >= 0.3 is 0 Å². The predicted octanol–water partition coefficient (Wildman–Crippen LogP) is 6.36. The van der Waals surface area contributed by atoms with E-state index >= 15 is 0 Å². The van der Waals surface area contributed by atoms with Crippen molar-refractivity contribution in [3.8, 4) is 0 Å². The summed E-state index contributed by atoms with van der Waals surface area (Å²) in [5.74, 6) is 2.07. The minimum atomic E-state index is -0.612. The van der Waals surface area contributed by atoms with Gasteiger partial charge in [-0.15, -0.1) is 0 Å². The van der Waals surface area contributed by atoms with Crippen LogP contribution in [0, 0.1) is 23.2 Å². The Morgan fingerprint density at radius 3 is 2.45 bits per heavy atom. The SMILES string of the molecule is C=C1C(O)CC(=CC=C2CCCC3(C)C2CCC3C(C)OCCC(CC)CC)CC1O. The number of ether oxygens (including phenoxy) is 1. The molecule has 0 aromatic carbocycles. The summed E-state index contributed by atoms with van der Waals surface area (Å²) in [6.45, 7) is 14.1. The van der Waals surface area contributed by atoms with Gasteiger partial charge in [0.15, 0.2) is 0 Å². The summed E-state index contributed by atoms with van der Waals surface area (Å²) in [4.78, 5) is 0. The van der Waals surface area contributed by atoms with Crippen LogP contribution < -0.4 is 0 Å².